The lowest BCUT2D eigenvalue weighted by molar-refractivity contribution is 0.366. The summed E-state index contributed by atoms with van der Waals surface area (Å²) in [6.45, 7) is 3.25. The maximum Gasteiger partial charge on any atom is 0.154 e. The third-order valence-electron chi connectivity index (χ3n) is 3.55. The van der Waals surface area contributed by atoms with Crippen LogP contribution in [0, 0.1) is 0 Å². The van der Waals surface area contributed by atoms with Crippen LogP contribution < -0.4 is 11.3 Å². The minimum Gasteiger partial charge on any atom is -0.459 e. The van der Waals surface area contributed by atoms with Crippen molar-refractivity contribution in [3.05, 3.63) is 36.1 Å². The molecule has 6 heteroatoms. The molecular weight excluding hydrogens is 264 g/mol. The summed E-state index contributed by atoms with van der Waals surface area (Å²) in [5.74, 6) is 6.05. The molecule has 5 nitrogen and oxygen atoms in total. The second-order valence-electron chi connectivity index (χ2n) is 5.16. The van der Waals surface area contributed by atoms with Gasteiger partial charge in [0.2, 0.25) is 0 Å². The number of hydrazine groups is 1. The Morgan fingerprint density at radius 1 is 1.32 bits per heavy atom. The quantitative estimate of drug-likeness (QED) is 0.659. The van der Waals surface area contributed by atoms with Gasteiger partial charge in [-0.1, -0.05) is 18.2 Å². The van der Waals surface area contributed by atoms with E-state index in [-0.39, 0.29) is 0 Å². The summed E-state index contributed by atoms with van der Waals surface area (Å²) in [4.78, 5) is 0. The van der Waals surface area contributed by atoms with Gasteiger partial charge < -0.3 is 4.42 Å². The van der Waals surface area contributed by atoms with E-state index in [0.29, 0.717) is 11.3 Å². The predicted octanol–water partition coefficient (Wildman–Crippen LogP) is 1.76. The molecule has 2 aromatic rings. The van der Waals surface area contributed by atoms with Gasteiger partial charge in [-0.15, -0.1) is 0 Å². The monoisotopic (exact) mass is 282 g/mol. The molecule has 0 aliphatic carbocycles. The predicted molar refractivity (Wildman–Crippen MR) is 75.2 cm³/mol. The van der Waals surface area contributed by atoms with Gasteiger partial charge in [0, 0.05) is 11.6 Å². The van der Waals surface area contributed by atoms with E-state index in [1.54, 1.807) is 13.8 Å². The van der Waals surface area contributed by atoms with Gasteiger partial charge in [0.1, 0.15) is 11.3 Å². The Hall–Kier alpha value is -1.37. The van der Waals surface area contributed by atoms with Crippen LogP contribution in [0.25, 0.3) is 11.0 Å². The zero-order chi connectivity index (χ0) is 14.3. The first kappa shape index (κ1) is 14.0. The molecule has 2 rings (SSSR count). The lowest BCUT2D eigenvalue weighted by atomic mass is 10.0. The lowest BCUT2D eigenvalue weighted by Gasteiger charge is -2.30. The minimum absolute atomic E-state index is 0.513. The van der Waals surface area contributed by atoms with Crippen LogP contribution in [-0.4, -0.2) is 19.4 Å². The highest BCUT2D eigenvalue weighted by Crippen LogP contribution is 2.34. The molecule has 19 heavy (non-hydrogen) atoms. The van der Waals surface area contributed by atoms with Crippen molar-refractivity contribution in [2.45, 2.75) is 24.6 Å². The molecule has 0 fully saturated rings. The number of fused-ring (bicyclic) bond motifs is 1. The Morgan fingerprint density at radius 2 is 1.95 bits per heavy atom. The van der Waals surface area contributed by atoms with Crippen molar-refractivity contribution in [2.75, 3.05) is 6.26 Å². The van der Waals surface area contributed by atoms with Crippen molar-refractivity contribution in [3.63, 3.8) is 0 Å². The van der Waals surface area contributed by atoms with Crippen LogP contribution in [0.2, 0.25) is 0 Å². The maximum atomic E-state index is 11.9. The second kappa shape index (κ2) is 4.63. The zero-order valence-corrected chi connectivity index (χ0v) is 12.0. The Morgan fingerprint density at radius 3 is 2.47 bits per heavy atom. The van der Waals surface area contributed by atoms with E-state index in [4.69, 9.17) is 10.3 Å². The summed E-state index contributed by atoms with van der Waals surface area (Å²) in [5.41, 5.74) is 3.26. The van der Waals surface area contributed by atoms with Crippen molar-refractivity contribution in [1.29, 1.82) is 0 Å². The van der Waals surface area contributed by atoms with Gasteiger partial charge in [0.15, 0.2) is 9.84 Å². The number of sulfone groups is 1. The van der Waals surface area contributed by atoms with Crippen molar-refractivity contribution < 1.29 is 12.8 Å². The Kier molecular flexibility index (Phi) is 3.42. The number of nitrogens with one attached hydrogen (secondary N) is 1. The first-order valence-corrected chi connectivity index (χ1v) is 7.80. The number of hydrogen-bond donors (Lipinski definition) is 2. The van der Waals surface area contributed by atoms with Gasteiger partial charge in [-0.25, -0.2) is 13.8 Å². The molecule has 0 saturated heterocycles. The number of hydrogen-bond acceptors (Lipinski definition) is 5. The third kappa shape index (κ3) is 2.39. The van der Waals surface area contributed by atoms with E-state index < -0.39 is 20.6 Å². The molecule has 0 aliphatic rings. The van der Waals surface area contributed by atoms with E-state index in [9.17, 15) is 8.42 Å². The molecule has 0 saturated carbocycles. The van der Waals surface area contributed by atoms with Crippen LogP contribution in [0.1, 0.15) is 25.6 Å². The van der Waals surface area contributed by atoms with Crippen LogP contribution in [0.4, 0.5) is 0 Å². The third-order valence-corrected chi connectivity index (χ3v) is 5.69. The molecule has 0 aliphatic heterocycles. The summed E-state index contributed by atoms with van der Waals surface area (Å²) in [6, 6.07) is 8.70. The Labute approximate surface area is 112 Å². The molecule has 0 amide bonds. The lowest BCUT2D eigenvalue weighted by Crippen LogP contribution is -2.47. The fourth-order valence-electron chi connectivity index (χ4n) is 1.98. The van der Waals surface area contributed by atoms with Crippen molar-refractivity contribution in [1.82, 2.24) is 5.43 Å². The number of benzene rings is 1. The fraction of sp³-hybridized carbons (Fsp3) is 0.385. The summed E-state index contributed by atoms with van der Waals surface area (Å²) in [6.07, 6.45) is 1.19. The molecule has 0 bridgehead atoms. The highest BCUT2D eigenvalue weighted by molar-refractivity contribution is 7.92. The maximum absolute atomic E-state index is 11.9. The van der Waals surface area contributed by atoms with E-state index in [0.717, 1.165) is 5.39 Å². The average molecular weight is 282 g/mol. The van der Waals surface area contributed by atoms with Gasteiger partial charge in [-0.2, -0.15) is 0 Å². The van der Waals surface area contributed by atoms with Gasteiger partial charge >= 0.3 is 0 Å². The molecular formula is C13H18N2O3S. The Bertz CT molecular complexity index is 656. The van der Waals surface area contributed by atoms with E-state index in [1.807, 2.05) is 30.3 Å². The van der Waals surface area contributed by atoms with E-state index >= 15 is 0 Å². The topological polar surface area (TPSA) is 85.3 Å². The molecule has 1 unspecified atom stereocenters. The van der Waals surface area contributed by atoms with Crippen LogP contribution >= 0.6 is 0 Å². The Balaban J connectivity index is 2.53. The van der Waals surface area contributed by atoms with Gasteiger partial charge in [0.25, 0.3) is 0 Å². The van der Waals surface area contributed by atoms with E-state index in [1.165, 1.54) is 6.26 Å². The summed E-state index contributed by atoms with van der Waals surface area (Å²) in [7, 11) is -3.30. The zero-order valence-electron chi connectivity index (χ0n) is 11.2. The van der Waals surface area contributed by atoms with Gasteiger partial charge in [0.05, 0.1) is 10.8 Å². The summed E-state index contributed by atoms with van der Waals surface area (Å²) < 4.78 is 28.4. The SMILES string of the molecule is CC(C)(C(NN)c1cc2ccccc2o1)S(C)(=O)=O. The van der Waals surface area contributed by atoms with Crippen LogP contribution in [0.3, 0.4) is 0 Å². The fourth-order valence-corrected chi connectivity index (χ4v) is 2.60. The van der Waals surface area contributed by atoms with E-state index in [2.05, 4.69) is 5.43 Å². The summed E-state index contributed by atoms with van der Waals surface area (Å²) in [5, 5.41) is 0.919. The highest BCUT2D eigenvalue weighted by atomic mass is 32.2. The molecule has 1 aromatic heterocycles. The molecule has 0 radical (unpaired) electrons. The standard InChI is InChI=1S/C13H18N2O3S/c1-13(2,19(3,16)17)12(15-14)11-8-9-6-4-5-7-10(9)18-11/h4-8,12,15H,14H2,1-3H3. The van der Waals surface area contributed by atoms with Crippen molar-refractivity contribution in [2.24, 2.45) is 5.84 Å². The number of rotatable bonds is 4. The number of furan rings is 1. The molecule has 1 atom stereocenters. The molecule has 3 N–H and O–H groups in total. The average Bonchev–Trinajstić information content (AvgIpc) is 2.71. The first-order valence-electron chi connectivity index (χ1n) is 5.91. The normalized spacial score (nSPS) is 14.7. The second-order valence-corrected chi connectivity index (χ2v) is 7.76. The first-order chi connectivity index (χ1) is 8.77. The highest BCUT2D eigenvalue weighted by Gasteiger charge is 2.41. The molecule has 1 heterocycles. The largest absolute Gasteiger partial charge is 0.459 e. The summed E-state index contributed by atoms with van der Waals surface area (Å²) >= 11 is 0. The van der Waals surface area contributed by atoms with Crippen LogP contribution in [0.15, 0.2) is 34.7 Å². The number of nitrogens with two attached hydrogens (primary N) is 1. The van der Waals surface area contributed by atoms with Crippen molar-refractivity contribution in [3.8, 4) is 0 Å². The number of para-hydroxylation sites is 1. The molecule has 1 aromatic carbocycles. The van der Waals surface area contributed by atoms with Crippen molar-refractivity contribution >= 4 is 20.8 Å². The molecule has 104 valence electrons. The smallest absolute Gasteiger partial charge is 0.154 e. The molecule has 0 spiro atoms. The van der Waals surface area contributed by atoms with Crippen LogP contribution in [-0.2, 0) is 9.84 Å². The van der Waals surface area contributed by atoms with Gasteiger partial charge in [-0.3, -0.25) is 5.84 Å². The minimum atomic E-state index is -3.30. The van der Waals surface area contributed by atoms with Crippen LogP contribution in [0.5, 0.6) is 0 Å². The van der Waals surface area contributed by atoms with Gasteiger partial charge in [-0.05, 0) is 26.0 Å².